The number of nitrogens with zero attached hydrogens (tertiary/aromatic N) is 3. The van der Waals surface area contributed by atoms with Gasteiger partial charge in [-0.2, -0.15) is 0 Å². The fraction of sp³-hybridized carbons (Fsp3) is 0.583. The van der Waals surface area contributed by atoms with Gasteiger partial charge < -0.3 is 15.3 Å². The highest BCUT2D eigenvalue weighted by Crippen LogP contribution is 2.28. The maximum absolute atomic E-state index is 10.5. The molecule has 6 heteroatoms. The Morgan fingerprint density at radius 3 is 3.00 bits per heavy atom. The number of nitrogens with one attached hydrogen (secondary N) is 1. The molecule has 1 aromatic rings. The van der Waals surface area contributed by atoms with Gasteiger partial charge in [-0.25, -0.2) is 9.97 Å². The van der Waals surface area contributed by atoms with Gasteiger partial charge in [0.25, 0.3) is 0 Å². The van der Waals surface area contributed by atoms with Crippen LogP contribution in [0.2, 0.25) is 0 Å². The van der Waals surface area contributed by atoms with Gasteiger partial charge in [-0.3, -0.25) is 4.79 Å². The summed E-state index contributed by atoms with van der Waals surface area (Å²) in [6.45, 7) is 1.39. The molecular formula is C12H18N4O2. The third kappa shape index (κ3) is 3.87. The third-order valence-corrected chi connectivity index (χ3v) is 2.97. The summed E-state index contributed by atoms with van der Waals surface area (Å²) in [5.41, 5.74) is 0. The summed E-state index contributed by atoms with van der Waals surface area (Å²) in [5, 5.41) is 11.9. The second kappa shape index (κ2) is 5.66. The zero-order valence-electron chi connectivity index (χ0n) is 10.5. The largest absolute Gasteiger partial charge is 0.481 e. The van der Waals surface area contributed by atoms with Gasteiger partial charge in [0.1, 0.15) is 18.0 Å². The Kier molecular flexibility index (Phi) is 3.96. The number of carboxylic acid groups (broad SMARTS) is 1. The molecule has 98 valence electrons. The number of carboxylic acids is 1. The van der Waals surface area contributed by atoms with Crippen LogP contribution in [0.4, 0.5) is 11.6 Å². The molecule has 0 atom stereocenters. The standard InChI is InChI=1S/C12H18N4O2/c1-16(5-4-12(17)18)11-6-10(14-8-15-11)13-7-9-2-3-9/h6,8-9H,2-5,7H2,1H3,(H,17,18)(H,13,14,15). The second-order valence-electron chi connectivity index (χ2n) is 4.65. The van der Waals surface area contributed by atoms with Crippen molar-refractivity contribution in [2.24, 2.45) is 5.92 Å². The van der Waals surface area contributed by atoms with E-state index in [1.807, 2.05) is 18.0 Å². The molecule has 0 radical (unpaired) electrons. The molecule has 1 saturated carbocycles. The van der Waals surface area contributed by atoms with Crippen molar-refractivity contribution >= 4 is 17.6 Å². The molecule has 1 aliphatic rings. The van der Waals surface area contributed by atoms with Crippen LogP contribution in [0, 0.1) is 5.92 Å². The van der Waals surface area contributed by atoms with Crippen molar-refractivity contribution in [2.45, 2.75) is 19.3 Å². The zero-order chi connectivity index (χ0) is 13.0. The SMILES string of the molecule is CN(CCC(=O)O)c1cc(NCC2CC2)ncn1. The lowest BCUT2D eigenvalue weighted by Gasteiger charge is -2.17. The summed E-state index contributed by atoms with van der Waals surface area (Å²) in [6, 6.07) is 1.85. The van der Waals surface area contributed by atoms with Gasteiger partial charge in [-0.1, -0.05) is 0 Å². The fourth-order valence-corrected chi connectivity index (χ4v) is 1.60. The van der Waals surface area contributed by atoms with Crippen molar-refractivity contribution in [3.05, 3.63) is 12.4 Å². The van der Waals surface area contributed by atoms with Gasteiger partial charge in [0, 0.05) is 26.2 Å². The van der Waals surface area contributed by atoms with E-state index >= 15 is 0 Å². The average Bonchev–Trinajstić information content (AvgIpc) is 3.18. The van der Waals surface area contributed by atoms with Crippen LogP contribution in [0.25, 0.3) is 0 Å². The first kappa shape index (κ1) is 12.6. The van der Waals surface area contributed by atoms with Crippen LogP contribution >= 0.6 is 0 Å². The smallest absolute Gasteiger partial charge is 0.305 e. The van der Waals surface area contributed by atoms with E-state index in [0.29, 0.717) is 6.54 Å². The molecule has 1 aromatic heterocycles. The number of carbonyl (C=O) groups is 1. The Morgan fingerprint density at radius 1 is 1.56 bits per heavy atom. The van der Waals surface area contributed by atoms with Crippen LogP contribution in [0.5, 0.6) is 0 Å². The molecule has 0 bridgehead atoms. The average molecular weight is 250 g/mol. The molecule has 6 nitrogen and oxygen atoms in total. The minimum Gasteiger partial charge on any atom is -0.481 e. The first-order valence-electron chi connectivity index (χ1n) is 6.14. The van der Waals surface area contributed by atoms with Crippen molar-refractivity contribution in [3.8, 4) is 0 Å². The number of anilines is 2. The zero-order valence-corrected chi connectivity index (χ0v) is 10.5. The van der Waals surface area contributed by atoms with E-state index in [2.05, 4.69) is 15.3 Å². The lowest BCUT2D eigenvalue weighted by molar-refractivity contribution is -0.136. The predicted octanol–water partition coefficient (Wildman–Crippen LogP) is 1.21. The van der Waals surface area contributed by atoms with Crippen LogP contribution in [0.1, 0.15) is 19.3 Å². The van der Waals surface area contributed by atoms with E-state index in [0.717, 1.165) is 24.1 Å². The highest BCUT2D eigenvalue weighted by Gasteiger charge is 2.20. The Morgan fingerprint density at radius 2 is 2.33 bits per heavy atom. The van der Waals surface area contributed by atoms with Crippen molar-refractivity contribution in [1.29, 1.82) is 0 Å². The molecule has 0 aromatic carbocycles. The quantitative estimate of drug-likeness (QED) is 0.757. The highest BCUT2D eigenvalue weighted by molar-refractivity contribution is 5.67. The van der Waals surface area contributed by atoms with Crippen molar-refractivity contribution < 1.29 is 9.90 Å². The number of rotatable bonds is 7. The molecule has 18 heavy (non-hydrogen) atoms. The monoisotopic (exact) mass is 250 g/mol. The molecule has 0 spiro atoms. The van der Waals surface area contributed by atoms with Crippen LogP contribution in [-0.2, 0) is 4.79 Å². The van der Waals surface area contributed by atoms with Gasteiger partial charge in [-0.15, -0.1) is 0 Å². The number of hydrogen-bond donors (Lipinski definition) is 2. The minimum atomic E-state index is -0.803. The number of aromatic nitrogens is 2. The molecule has 1 aliphatic carbocycles. The van der Waals surface area contributed by atoms with E-state index in [-0.39, 0.29) is 6.42 Å². The fourth-order valence-electron chi connectivity index (χ4n) is 1.60. The molecule has 2 rings (SSSR count). The van der Waals surface area contributed by atoms with Crippen molar-refractivity contribution in [2.75, 3.05) is 30.4 Å². The molecule has 1 heterocycles. The van der Waals surface area contributed by atoms with E-state index in [9.17, 15) is 4.79 Å². The molecule has 0 amide bonds. The summed E-state index contributed by atoms with van der Waals surface area (Å²) in [6.07, 6.45) is 4.19. The van der Waals surface area contributed by atoms with Gasteiger partial charge in [-0.05, 0) is 18.8 Å². The van der Waals surface area contributed by atoms with E-state index in [1.165, 1.54) is 19.2 Å². The van der Waals surface area contributed by atoms with Crippen LogP contribution < -0.4 is 10.2 Å². The highest BCUT2D eigenvalue weighted by atomic mass is 16.4. The van der Waals surface area contributed by atoms with Crippen LogP contribution in [-0.4, -0.2) is 41.2 Å². The first-order chi connectivity index (χ1) is 8.65. The van der Waals surface area contributed by atoms with E-state index < -0.39 is 5.97 Å². The summed E-state index contributed by atoms with van der Waals surface area (Å²) >= 11 is 0. The first-order valence-corrected chi connectivity index (χ1v) is 6.14. The topological polar surface area (TPSA) is 78.4 Å². The Balaban J connectivity index is 1.89. The van der Waals surface area contributed by atoms with Crippen molar-refractivity contribution in [3.63, 3.8) is 0 Å². The molecule has 2 N–H and O–H groups in total. The summed E-state index contributed by atoms with van der Waals surface area (Å²) < 4.78 is 0. The van der Waals surface area contributed by atoms with Gasteiger partial charge in [0.15, 0.2) is 0 Å². The van der Waals surface area contributed by atoms with Gasteiger partial charge in [0.05, 0.1) is 6.42 Å². The molecule has 1 fully saturated rings. The molecule has 0 aliphatic heterocycles. The van der Waals surface area contributed by atoms with Crippen molar-refractivity contribution in [1.82, 2.24) is 9.97 Å². The van der Waals surface area contributed by atoms with Gasteiger partial charge >= 0.3 is 5.97 Å². The van der Waals surface area contributed by atoms with Crippen LogP contribution in [0.3, 0.4) is 0 Å². The molecular weight excluding hydrogens is 232 g/mol. The Labute approximate surface area is 106 Å². The third-order valence-electron chi connectivity index (χ3n) is 2.97. The lowest BCUT2D eigenvalue weighted by atomic mass is 10.3. The summed E-state index contributed by atoms with van der Waals surface area (Å²) in [5.74, 6) is 1.52. The minimum absolute atomic E-state index is 0.103. The van der Waals surface area contributed by atoms with Crippen LogP contribution in [0.15, 0.2) is 12.4 Å². The maximum atomic E-state index is 10.5. The normalized spacial score (nSPS) is 14.3. The second-order valence-corrected chi connectivity index (χ2v) is 4.65. The summed E-state index contributed by atoms with van der Waals surface area (Å²) in [7, 11) is 1.83. The molecule has 0 unspecified atom stereocenters. The lowest BCUT2D eigenvalue weighted by Crippen LogP contribution is -2.22. The molecule has 0 saturated heterocycles. The van der Waals surface area contributed by atoms with Gasteiger partial charge in [0.2, 0.25) is 0 Å². The Bertz CT molecular complexity index is 420. The Hall–Kier alpha value is -1.85. The maximum Gasteiger partial charge on any atom is 0.305 e. The van der Waals surface area contributed by atoms with E-state index in [4.69, 9.17) is 5.11 Å². The predicted molar refractivity (Wildman–Crippen MR) is 68.8 cm³/mol. The number of aliphatic carboxylic acids is 1. The number of hydrogen-bond acceptors (Lipinski definition) is 5. The summed E-state index contributed by atoms with van der Waals surface area (Å²) in [4.78, 5) is 20.6. The van der Waals surface area contributed by atoms with E-state index in [1.54, 1.807) is 0 Å².